The van der Waals surface area contributed by atoms with Gasteiger partial charge in [0.2, 0.25) is 5.82 Å². The maximum atomic E-state index is 14.8. The van der Waals surface area contributed by atoms with Crippen LogP contribution in [0.15, 0.2) is 48.4 Å². The zero-order chi connectivity index (χ0) is 21.5. The molecule has 2 aliphatic carbocycles. The molecule has 1 aromatic rings. The molecule has 2 fully saturated rings. The predicted octanol–water partition coefficient (Wildman–Crippen LogP) is 7.95. The van der Waals surface area contributed by atoms with E-state index in [0.717, 1.165) is 43.4 Å². The van der Waals surface area contributed by atoms with Crippen LogP contribution in [0, 0.1) is 41.4 Å². The van der Waals surface area contributed by atoms with Crippen molar-refractivity contribution in [3.63, 3.8) is 0 Å². The summed E-state index contributed by atoms with van der Waals surface area (Å²) in [5.74, 6) is 3.11. The second-order valence-corrected chi connectivity index (χ2v) is 8.66. The van der Waals surface area contributed by atoms with Crippen molar-refractivity contribution >= 4 is 0 Å². The fourth-order valence-electron chi connectivity index (χ4n) is 4.96. The zero-order valence-corrected chi connectivity index (χ0v) is 17.8. The molecule has 3 heteroatoms. The van der Waals surface area contributed by atoms with Crippen LogP contribution in [0.3, 0.4) is 0 Å². The van der Waals surface area contributed by atoms with Crippen LogP contribution in [0.4, 0.5) is 8.78 Å². The molecule has 0 bridgehead atoms. The molecular formula is C27H34F2O. The van der Waals surface area contributed by atoms with Crippen molar-refractivity contribution in [3.8, 4) is 17.8 Å². The summed E-state index contributed by atoms with van der Waals surface area (Å²) in [6, 6.07) is 3.12. The standard InChI is InChI=1S/C27H30F2O.2H2/c1-4-6-20(5-2)17-18-30-25-16-15-24(26(28)27(25)29)23-13-11-22(12-14-23)21-9-7-19(3)8-10-21;;/h5,15-16,19,21-23H,1-2,7-14H2,3H3;2*1H. The van der Waals surface area contributed by atoms with E-state index in [4.69, 9.17) is 4.74 Å². The molecule has 2 aliphatic rings. The van der Waals surface area contributed by atoms with Crippen LogP contribution < -0.4 is 4.74 Å². The highest BCUT2D eigenvalue weighted by Crippen LogP contribution is 2.44. The normalized spacial score (nSPS) is 25.8. The highest BCUT2D eigenvalue weighted by atomic mass is 19.2. The number of hydrogen-bond acceptors (Lipinski definition) is 1. The van der Waals surface area contributed by atoms with Gasteiger partial charge in [-0.05, 0) is 92.4 Å². The third-order valence-corrected chi connectivity index (χ3v) is 6.79. The van der Waals surface area contributed by atoms with Crippen LogP contribution >= 0.6 is 0 Å². The van der Waals surface area contributed by atoms with Gasteiger partial charge in [0.05, 0.1) is 5.57 Å². The van der Waals surface area contributed by atoms with Crippen molar-refractivity contribution in [1.82, 2.24) is 0 Å². The van der Waals surface area contributed by atoms with E-state index in [-0.39, 0.29) is 14.5 Å². The Kier molecular flexibility index (Phi) is 7.75. The molecule has 3 rings (SSSR count). The van der Waals surface area contributed by atoms with Crippen LogP contribution in [0.5, 0.6) is 5.75 Å². The number of hydrogen-bond donors (Lipinski definition) is 0. The lowest BCUT2D eigenvalue weighted by molar-refractivity contribution is 0.164. The SMILES string of the molecule is C=C=C=C(C#COc1ccc(C2CCC(C3CCC(C)CC3)CC2)c(F)c1F)C=C.[HH].[HH]. The summed E-state index contributed by atoms with van der Waals surface area (Å²) in [5, 5.41) is 0. The van der Waals surface area contributed by atoms with Crippen LogP contribution in [0.1, 0.15) is 72.6 Å². The lowest BCUT2D eigenvalue weighted by atomic mass is 9.68. The topological polar surface area (TPSA) is 9.23 Å². The van der Waals surface area contributed by atoms with Crippen molar-refractivity contribution in [3.05, 3.63) is 65.6 Å². The first-order valence-electron chi connectivity index (χ1n) is 11.0. The number of rotatable bonds is 4. The Bertz CT molecular complexity index is 917. The van der Waals surface area contributed by atoms with E-state index in [1.807, 2.05) is 0 Å². The monoisotopic (exact) mass is 412 g/mol. The molecule has 0 radical (unpaired) electrons. The molecule has 1 aromatic carbocycles. The van der Waals surface area contributed by atoms with Gasteiger partial charge in [-0.15, -0.1) is 0 Å². The zero-order valence-electron chi connectivity index (χ0n) is 17.8. The molecule has 0 atom stereocenters. The Hall–Kier alpha value is -2.52. The molecule has 0 amide bonds. The molecule has 0 saturated heterocycles. The molecular weight excluding hydrogens is 378 g/mol. The van der Waals surface area contributed by atoms with Gasteiger partial charge in [0.15, 0.2) is 11.6 Å². The van der Waals surface area contributed by atoms with Gasteiger partial charge in [0.25, 0.3) is 0 Å². The van der Waals surface area contributed by atoms with Crippen molar-refractivity contribution in [1.29, 1.82) is 0 Å². The Morgan fingerprint density at radius 3 is 2.27 bits per heavy atom. The molecule has 1 nitrogen and oxygen atoms in total. The van der Waals surface area contributed by atoms with E-state index in [9.17, 15) is 8.78 Å². The third-order valence-electron chi connectivity index (χ3n) is 6.79. The Labute approximate surface area is 182 Å². The van der Waals surface area contributed by atoms with Crippen LogP contribution in [-0.2, 0) is 0 Å². The summed E-state index contributed by atoms with van der Waals surface area (Å²) < 4.78 is 34.4. The highest BCUT2D eigenvalue weighted by molar-refractivity contribution is 5.38. The quantitative estimate of drug-likeness (QED) is 0.277. The van der Waals surface area contributed by atoms with Gasteiger partial charge < -0.3 is 4.74 Å². The average molecular weight is 413 g/mol. The molecule has 0 heterocycles. The van der Waals surface area contributed by atoms with Crippen LogP contribution in [0.2, 0.25) is 0 Å². The van der Waals surface area contributed by atoms with Gasteiger partial charge in [-0.1, -0.05) is 43.9 Å². The van der Waals surface area contributed by atoms with E-state index < -0.39 is 11.6 Å². The maximum absolute atomic E-state index is 14.8. The van der Waals surface area contributed by atoms with Gasteiger partial charge in [0, 0.05) is 2.85 Å². The van der Waals surface area contributed by atoms with Crippen LogP contribution in [-0.4, -0.2) is 0 Å². The second-order valence-electron chi connectivity index (χ2n) is 8.66. The molecule has 0 aromatic heterocycles. The van der Waals surface area contributed by atoms with E-state index in [2.05, 4.69) is 43.6 Å². The largest absolute Gasteiger partial charge is 0.404 e. The van der Waals surface area contributed by atoms with E-state index in [1.54, 1.807) is 6.07 Å². The minimum Gasteiger partial charge on any atom is -0.404 e. The second kappa shape index (κ2) is 10.5. The molecule has 2 saturated carbocycles. The summed E-state index contributed by atoms with van der Waals surface area (Å²) in [5.41, 5.74) is 5.97. The molecule has 0 unspecified atom stereocenters. The number of ether oxygens (including phenoxy) is 1. The average Bonchev–Trinajstić information content (AvgIpc) is 2.77. The fraction of sp³-hybridized carbons (Fsp3) is 0.481. The van der Waals surface area contributed by atoms with Crippen molar-refractivity contribution in [2.45, 2.75) is 64.2 Å². The summed E-state index contributed by atoms with van der Waals surface area (Å²) in [6.07, 6.45) is 13.2. The predicted molar refractivity (Wildman–Crippen MR) is 121 cm³/mol. The Morgan fingerprint density at radius 1 is 1.03 bits per heavy atom. The first-order chi connectivity index (χ1) is 14.5. The minimum absolute atomic E-state index is 0. The summed E-state index contributed by atoms with van der Waals surface area (Å²) >= 11 is 0. The summed E-state index contributed by atoms with van der Waals surface area (Å²) in [7, 11) is 0. The highest BCUT2D eigenvalue weighted by Gasteiger charge is 2.32. The van der Waals surface area contributed by atoms with Gasteiger partial charge in [-0.2, -0.15) is 4.39 Å². The smallest absolute Gasteiger partial charge is 0.202 e. The number of allylic oxidation sites excluding steroid dienone is 2. The molecule has 30 heavy (non-hydrogen) atoms. The van der Waals surface area contributed by atoms with E-state index in [1.165, 1.54) is 37.8 Å². The van der Waals surface area contributed by atoms with Crippen molar-refractivity contribution in [2.24, 2.45) is 17.8 Å². The summed E-state index contributed by atoms with van der Waals surface area (Å²) in [4.78, 5) is 0. The lowest BCUT2D eigenvalue weighted by Gasteiger charge is -2.37. The Morgan fingerprint density at radius 2 is 1.67 bits per heavy atom. The molecule has 0 N–H and O–H groups in total. The lowest BCUT2D eigenvalue weighted by Crippen LogP contribution is -2.25. The van der Waals surface area contributed by atoms with Gasteiger partial charge >= 0.3 is 0 Å². The first kappa shape index (κ1) is 22.2. The minimum atomic E-state index is -0.978. The van der Waals surface area contributed by atoms with Gasteiger partial charge in [-0.3, -0.25) is 0 Å². The van der Waals surface area contributed by atoms with Gasteiger partial charge in [0.1, 0.15) is 6.11 Å². The Balaban J connectivity index is 0.00000256. The third kappa shape index (κ3) is 5.34. The van der Waals surface area contributed by atoms with Crippen molar-refractivity contribution in [2.75, 3.05) is 0 Å². The van der Waals surface area contributed by atoms with E-state index >= 15 is 0 Å². The summed E-state index contributed by atoms with van der Waals surface area (Å²) in [6.45, 7) is 9.33. The van der Waals surface area contributed by atoms with E-state index in [0.29, 0.717) is 11.1 Å². The maximum Gasteiger partial charge on any atom is 0.202 e. The molecule has 0 aliphatic heterocycles. The first-order valence-corrected chi connectivity index (χ1v) is 11.0. The molecule has 162 valence electrons. The molecule has 0 spiro atoms. The number of benzene rings is 1. The number of halogens is 2. The van der Waals surface area contributed by atoms with Gasteiger partial charge in [-0.25, -0.2) is 4.39 Å². The van der Waals surface area contributed by atoms with Crippen molar-refractivity contribution < 1.29 is 16.4 Å². The fourth-order valence-corrected chi connectivity index (χ4v) is 4.96. The van der Waals surface area contributed by atoms with Crippen LogP contribution in [0.25, 0.3) is 0 Å².